The Kier molecular flexibility index (Phi) is 4.51. The van der Waals surface area contributed by atoms with E-state index in [9.17, 15) is 13.2 Å². The van der Waals surface area contributed by atoms with Crippen LogP contribution in [0.3, 0.4) is 0 Å². The van der Waals surface area contributed by atoms with Crippen LogP contribution in [-0.4, -0.2) is 4.98 Å². The molecule has 2 nitrogen and oxygen atoms in total. The van der Waals surface area contributed by atoms with E-state index in [-0.39, 0.29) is 0 Å². The number of benzene rings is 1. The predicted molar refractivity (Wildman–Crippen MR) is 60.1 cm³/mol. The number of pyridine rings is 1. The monoisotopic (exact) mass is 240 g/mol. The molecule has 0 unspecified atom stereocenters. The smallest absolute Gasteiger partial charge is 0.399 e. The summed E-state index contributed by atoms with van der Waals surface area (Å²) in [5.74, 6) is 0. The van der Waals surface area contributed by atoms with Gasteiger partial charge >= 0.3 is 6.18 Å². The van der Waals surface area contributed by atoms with Crippen LogP contribution in [0.2, 0.25) is 0 Å². The van der Waals surface area contributed by atoms with Crippen LogP contribution < -0.4 is 5.73 Å². The third kappa shape index (κ3) is 5.01. The average Bonchev–Trinajstić information content (AvgIpc) is 2.31. The van der Waals surface area contributed by atoms with Crippen molar-refractivity contribution < 1.29 is 13.2 Å². The molecule has 0 saturated carbocycles. The van der Waals surface area contributed by atoms with Crippen molar-refractivity contribution in [3.63, 3.8) is 0 Å². The molecule has 90 valence electrons. The summed E-state index contributed by atoms with van der Waals surface area (Å²) in [5, 5.41) is 0. The Morgan fingerprint density at radius 3 is 1.71 bits per heavy atom. The van der Waals surface area contributed by atoms with Crippen molar-refractivity contribution in [2.24, 2.45) is 0 Å². The molecule has 17 heavy (non-hydrogen) atoms. The summed E-state index contributed by atoms with van der Waals surface area (Å²) in [4.78, 5) is 3.78. The fourth-order valence-electron chi connectivity index (χ4n) is 0.985. The molecule has 2 N–H and O–H groups in total. The molecule has 0 spiro atoms. The SMILES string of the molecule is Nc1ccc(C(F)(F)F)cc1.c1ccncc1. The minimum atomic E-state index is -4.27. The van der Waals surface area contributed by atoms with Crippen LogP contribution in [0.5, 0.6) is 0 Å². The van der Waals surface area contributed by atoms with Gasteiger partial charge in [0.05, 0.1) is 5.56 Å². The highest BCUT2D eigenvalue weighted by Crippen LogP contribution is 2.29. The summed E-state index contributed by atoms with van der Waals surface area (Å²) >= 11 is 0. The highest BCUT2D eigenvalue weighted by Gasteiger charge is 2.29. The van der Waals surface area contributed by atoms with Gasteiger partial charge in [0.25, 0.3) is 0 Å². The van der Waals surface area contributed by atoms with E-state index in [0.717, 1.165) is 12.1 Å². The van der Waals surface area contributed by atoms with Gasteiger partial charge in [-0.25, -0.2) is 0 Å². The fraction of sp³-hybridized carbons (Fsp3) is 0.0833. The van der Waals surface area contributed by atoms with Gasteiger partial charge in [-0.2, -0.15) is 13.2 Å². The van der Waals surface area contributed by atoms with Gasteiger partial charge in [-0.3, -0.25) is 4.98 Å². The highest BCUT2D eigenvalue weighted by molar-refractivity contribution is 5.39. The van der Waals surface area contributed by atoms with Gasteiger partial charge in [0, 0.05) is 18.1 Å². The third-order valence-corrected chi connectivity index (χ3v) is 1.80. The second-order valence-corrected chi connectivity index (χ2v) is 3.14. The first kappa shape index (κ1) is 13.0. The Bertz CT molecular complexity index is 397. The maximum Gasteiger partial charge on any atom is 0.416 e. The number of halogens is 3. The summed E-state index contributed by atoms with van der Waals surface area (Å²) in [6.45, 7) is 0. The minimum Gasteiger partial charge on any atom is -0.399 e. The lowest BCUT2D eigenvalue weighted by molar-refractivity contribution is -0.137. The van der Waals surface area contributed by atoms with Gasteiger partial charge in [0.1, 0.15) is 0 Å². The zero-order valence-corrected chi connectivity index (χ0v) is 8.85. The number of nitrogens with two attached hydrogens (primary N) is 1. The number of anilines is 1. The number of nitrogen functional groups attached to an aromatic ring is 1. The first-order valence-electron chi connectivity index (χ1n) is 4.78. The molecule has 0 atom stereocenters. The van der Waals surface area contributed by atoms with E-state index in [1.54, 1.807) is 12.4 Å². The number of aromatic nitrogens is 1. The van der Waals surface area contributed by atoms with Gasteiger partial charge in [-0.05, 0) is 36.4 Å². The third-order valence-electron chi connectivity index (χ3n) is 1.80. The van der Waals surface area contributed by atoms with Crippen molar-refractivity contribution >= 4 is 5.69 Å². The quantitative estimate of drug-likeness (QED) is 0.717. The average molecular weight is 240 g/mol. The summed E-state index contributed by atoms with van der Waals surface area (Å²) in [6, 6.07) is 10.1. The summed E-state index contributed by atoms with van der Waals surface area (Å²) in [7, 11) is 0. The molecule has 1 aromatic carbocycles. The van der Waals surface area contributed by atoms with Crippen LogP contribution in [0.4, 0.5) is 18.9 Å². The molecule has 1 heterocycles. The minimum absolute atomic E-state index is 0.331. The van der Waals surface area contributed by atoms with Crippen LogP contribution in [0, 0.1) is 0 Å². The first-order chi connectivity index (χ1) is 8.00. The Morgan fingerprint density at radius 1 is 0.882 bits per heavy atom. The fourth-order valence-corrected chi connectivity index (χ4v) is 0.985. The molecule has 5 heteroatoms. The topological polar surface area (TPSA) is 38.9 Å². The van der Waals surface area contributed by atoms with Gasteiger partial charge in [0.15, 0.2) is 0 Å². The molecule has 0 amide bonds. The Labute approximate surface area is 96.9 Å². The van der Waals surface area contributed by atoms with Gasteiger partial charge in [-0.15, -0.1) is 0 Å². The van der Waals surface area contributed by atoms with E-state index in [2.05, 4.69) is 4.98 Å². The standard InChI is InChI=1S/C7H6F3N.C5H5N/c8-7(9,10)5-1-3-6(11)4-2-5;1-2-4-6-5-3-1/h1-4H,11H2;1-5H. The molecule has 0 radical (unpaired) electrons. The van der Waals surface area contributed by atoms with E-state index in [0.29, 0.717) is 5.69 Å². The number of alkyl halides is 3. The van der Waals surface area contributed by atoms with E-state index < -0.39 is 11.7 Å². The van der Waals surface area contributed by atoms with Crippen molar-refractivity contribution in [3.05, 3.63) is 60.4 Å². The van der Waals surface area contributed by atoms with E-state index in [4.69, 9.17) is 5.73 Å². The summed E-state index contributed by atoms with van der Waals surface area (Å²) < 4.78 is 35.6. The molecule has 0 fully saturated rings. The maximum atomic E-state index is 11.9. The van der Waals surface area contributed by atoms with Crippen molar-refractivity contribution in [1.82, 2.24) is 4.98 Å². The molecular weight excluding hydrogens is 229 g/mol. The Morgan fingerprint density at radius 2 is 1.41 bits per heavy atom. The molecule has 2 rings (SSSR count). The van der Waals surface area contributed by atoms with Crippen LogP contribution in [0.25, 0.3) is 0 Å². The highest BCUT2D eigenvalue weighted by atomic mass is 19.4. The van der Waals surface area contributed by atoms with Crippen molar-refractivity contribution in [2.45, 2.75) is 6.18 Å². The van der Waals surface area contributed by atoms with Gasteiger partial charge in [0.2, 0.25) is 0 Å². The molecular formula is C12H11F3N2. The van der Waals surface area contributed by atoms with Crippen molar-refractivity contribution in [2.75, 3.05) is 5.73 Å². The molecule has 2 aromatic rings. The number of hydrogen-bond acceptors (Lipinski definition) is 2. The lowest BCUT2D eigenvalue weighted by Gasteiger charge is -2.05. The number of rotatable bonds is 0. The van der Waals surface area contributed by atoms with Gasteiger partial charge < -0.3 is 5.73 Å². The first-order valence-corrected chi connectivity index (χ1v) is 4.78. The van der Waals surface area contributed by atoms with Crippen molar-refractivity contribution in [3.8, 4) is 0 Å². The summed E-state index contributed by atoms with van der Waals surface area (Å²) in [5.41, 5.74) is 4.86. The Balaban J connectivity index is 0.000000202. The molecule has 0 saturated heterocycles. The van der Waals surface area contributed by atoms with Crippen LogP contribution >= 0.6 is 0 Å². The normalized spacial score (nSPS) is 10.3. The lowest BCUT2D eigenvalue weighted by Crippen LogP contribution is -2.04. The molecule has 1 aromatic heterocycles. The van der Waals surface area contributed by atoms with Gasteiger partial charge in [-0.1, -0.05) is 6.07 Å². The van der Waals surface area contributed by atoms with Crippen LogP contribution in [-0.2, 0) is 6.18 Å². The molecule has 0 aliphatic carbocycles. The second kappa shape index (κ2) is 5.89. The lowest BCUT2D eigenvalue weighted by atomic mass is 10.2. The molecule has 0 aliphatic rings. The van der Waals surface area contributed by atoms with Crippen LogP contribution in [0.1, 0.15) is 5.56 Å². The largest absolute Gasteiger partial charge is 0.416 e. The maximum absolute atomic E-state index is 11.9. The van der Waals surface area contributed by atoms with Crippen LogP contribution in [0.15, 0.2) is 54.9 Å². The molecule has 0 bridgehead atoms. The zero-order valence-electron chi connectivity index (χ0n) is 8.85. The predicted octanol–water partition coefficient (Wildman–Crippen LogP) is 3.37. The van der Waals surface area contributed by atoms with Crippen molar-refractivity contribution in [1.29, 1.82) is 0 Å². The van der Waals surface area contributed by atoms with E-state index in [1.165, 1.54) is 12.1 Å². The number of nitrogens with zero attached hydrogens (tertiary/aromatic N) is 1. The summed E-state index contributed by atoms with van der Waals surface area (Å²) in [6.07, 6.45) is -0.770. The second-order valence-electron chi connectivity index (χ2n) is 3.14. The number of hydrogen-bond donors (Lipinski definition) is 1. The molecule has 0 aliphatic heterocycles. The van der Waals surface area contributed by atoms with E-state index in [1.807, 2.05) is 18.2 Å². The van der Waals surface area contributed by atoms with E-state index >= 15 is 0 Å². The zero-order chi connectivity index (χ0) is 12.7. The Hall–Kier alpha value is -2.04.